The highest BCUT2D eigenvalue weighted by Crippen LogP contribution is 2.34. The largest absolute Gasteiger partial charge is 0.365 e. The molecule has 0 aliphatic carbocycles. The molecule has 4 nitrogen and oxygen atoms in total. The molecule has 0 bridgehead atoms. The minimum atomic E-state index is -0.0174. The number of aryl methyl sites for hydroxylation is 1. The number of fused-ring (bicyclic) bond motifs is 2. The van der Waals surface area contributed by atoms with Gasteiger partial charge in [0.05, 0.1) is 17.9 Å². The number of thioether (sulfide) groups is 1. The molecule has 0 N–H and O–H groups in total. The molecule has 1 aliphatic rings. The van der Waals surface area contributed by atoms with E-state index < -0.39 is 0 Å². The molecule has 3 heterocycles. The number of aromatic nitrogens is 2. The predicted molar refractivity (Wildman–Crippen MR) is 99.0 cm³/mol. The summed E-state index contributed by atoms with van der Waals surface area (Å²) < 4.78 is 1.62. The van der Waals surface area contributed by atoms with E-state index in [2.05, 4.69) is 29.2 Å². The Morgan fingerprint density at radius 3 is 3.00 bits per heavy atom. The molecule has 0 spiro atoms. The fraction of sp³-hybridized carbons (Fsp3) is 0.263. The second kappa shape index (κ2) is 6.32. The highest BCUT2D eigenvalue weighted by Gasteiger charge is 2.16. The van der Waals surface area contributed by atoms with E-state index in [0.717, 1.165) is 35.6 Å². The Kier molecular flexibility index (Phi) is 4.02. The Labute approximate surface area is 145 Å². The molecule has 1 aromatic carbocycles. The van der Waals surface area contributed by atoms with Gasteiger partial charge in [0.15, 0.2) is 0 Å². The zero-order valence-electron chi connectivity index (χ0n) is 13.6. The summed E-state index contributed by atoms with van der Waals surface area (Å²) in [6.45, 7) is 3.64. The summed E-state index contributed by atoms with van der Waals surface area (Å²) in [5.41, 5.74) is 3.82. The van der Waals surface area contributed by atoms with Crippen molar-refractivity contribution in [2.45, 2.75) is 24.8 Å². The Balaban J connectivity index is 1.75. The van der Waals surface area contributed by atoms with Gasteiger partial charge in [-0.2, -0.15) is 0 Å². The zero-order chi connectivity index (χ0) is 16.5. The first-order chi connectivity index (χ1) is 11.7. The SMILES string of the molecule is Cc1cccn2c(=O)cc(CN3CCCSc4ccccc43)nc12. The normalized spacial score (nSPS) is 14.5. The summed E-state index contributed by atoms with van der Waals surface area (Å²) in [4.78, 5) is 20.8. The van der Waals surface area contributed by atoms with Crippen molar-refractivity contribution in [1.29, 1.82) is 0 Å². The molecule has 1 aliphatic heterocycles. The van der Waals surface area contributed by atoms with E-state index in [1.165, 1.54) is 10.6 Å². The predicted octanol–water partition coefficient (Wildman–Crippen LogP) is 3.51. The van der Waals surface area contributed by atoms with Crippen LogP contribution in [-0.4, -0.2) is 21.7 Å². The van der Waals surface area contributed by atoms with Crippen LogP contribution in [0.1, 0.15) is 17.7 Å². The molecule has 24 heavy (non-hydrogen) atoms. The summed E-state index contributed by atoms with van der Waals surface area (Å²) in [6.07, 6.45) is 2.91. The van der Waals surface area contributed by atoms with Crippen molar-refractivity contribution in [2.75, 3.05) is 17.2 Å². The monoisotopic (exact) mass is 337 g/mol. The molecule has 0 saturated carbocycles. The van der Waals surface area contributed by atoms with Crippen molar-refractivity contribution < 1.29 is 0 Å². The van der Waals surface area contributed by atoms with Crippen LogP contribution in [0.25, 0.3) is 5.65 Å². The van der Waals surface area contributed by atoms with Gasteiger partial charge < -0.3 is 4.90 Å². The van der Waals surface area contributed by atoms with Gasteiger partial charge >= 0.3 is 0 Å². The van der Waals surface area contributed by atoms with Crippen molar-refractivity contribution >= 4 is 23.1 Å². The van der Waals surface area contributed by atoms with Crippen LogP contribution in [0.15, 0.2) is 58.4 Å². The smallest absolute Gasteiger partial charge is 0.258 e. The number of hydrogen-bond acceptors (Lipinski definition) is 4. The topological polar surface area (TPSA) is 37.6 Å². The Hall–Kier alpha value is -2.27. The van der Waals surface area contributed by atoms with E-state index in [1.807, 2.05) is 30.8 Å². The number of benzene rings is 1. The number of hydrogen-bond donors (Lipinski definition) is 0. The zero-order valence-corrected chi connectivity index (χ0v) is 14.4. The summed E-state index contributed by atoms with van der Waals surface area (Å²) >= 11 is 1.90. The molecule has 4 rings (SSSR count). The van der Waals surface area contributed by atoms with Crippen LogP contribution in [-0.2, 0) is 6.54 Å². The van der Waals surface area contributed by atoms with Crippen LogP contribution in [0.2, 0.25) is 0 Å². The van der Waals surface area contributed by atoms with E-state index in [9.17, 15) is 4.79 Å². The van der Waals surface area contributed by atoms with E-state index in [4.69, 9.17) is 4.98 Å². The second-order valence-electron chi connectivity index (χ2n) is 6.06. The van der Waals surface area contributed by atoms with E-state index in [-0.39, 0.29) is 5.56 Å². The maximum Gasteiger partial charge on any atom is 0.258 e. The fourth-order valence-electron chi connectivity index (χ4n) is 3.15. The van der Waals surface area contributed by atoms with Crippen LogP contribution in [0, 0.1) is 6.92 Å². The van der Waals surface area contributed by atoms with Gasteiger partial charge in [-0.3, -0.25) is 9.20 Å². The van der Waals surface area contributed by atoms with E-state index in [0.29, 0.717) is 6.54 Å². The molecule has 0 amide bonds. The molecule has 0 fully saturated rings. The maximum absolute atomic E-state index is 12.4. The van der Waals surface area contributed by atoms with Crippen molar-refractivity contribution in [1.82, 2.24) is 9.38 Å². The molecule has 122 valence electrons. The molecule has 0 atom stereocenters. The third-order valence-corrected chi connectivity index (χ3v) is 5.48. The van der Waals surface area contributed by atoms with E-state index >= 15 is 0 Å². The number of anilines is 1. The van der Waals surface area contributed by atoms with Gasteiger partial charge in [-0.05, 0) is 42.9 Å². The summed E-state index contributed by atoms with van der Waals surface area (Å²) in [5, 5.41) is 0. The minimum Gasteiger partial charge on any atom is -0.365 e. The first-order valence-electron chi connectivity index (χ1n) is 8.17. The molecule has 5 heteroatoms. The summed E-state index contributed by atoms with van der Waals surface area (Å²) in [7, 11) is 0. The van der Waals surface area contributed by atoms with Gasteiger partial charge in [0.1, 0.15) is 5.65 Å². The third-order valence-electron chi connectivity index (χ3n) is 4.33. The first-order valence-corrected chi connectivity index (χ1v) is 9.15. The fourth-order valence-corrected chi connectivity index (χ4v) is 4.16. The number of para-hydroxylation sites is 1. The third kappa shape index (κ3) is 2.80. The van der Waals surface area contributed by atoms with Gasteiger partial charge in [0.2, 0.25) is 0 Å². The Bertz CT molecular complexity index is 951. The average molecular weight is 337 g/mol. The standard InChI is InChI=1S/C19H19N3OS/c1-14-6-4-10-22-18(23)12-15(20-19(14)22)13-21-9-5-11-24-17-8-3-2-7-16(17)21/h2-4,6-8,10,12H,5,9,11,13H2,1H3. The molecule has 2 aromatic heterocycles. The average Bonchev–Trinajstić information content (AvgIpc) is 2.79. The lowest BCUT2D eigenvalue weighted by Crippen LogP contribution is -2.26. The van der Waals surface area contributed by atoms with Gasteiger partial charge in [0.25, 0.3) is 5.56 Å². The number of pyridine rings is 1. The number of nitrogens with zero attached hydrogens (tertiary/aromatic N) is 3. The first kappa shape index (κ1) is 15.3. The number of rotatable bonds is 2. The highest BCUT2D eigenvalue weighted by atomic mass is 32.2. The minimum absolute atomic E-state index is 0.0174. The molecular formula is C19H19N3OS. The van der Waals surface area contributed by atoms with Crippen molar-refractivity contribution in [3.8, 4) is 0 Å². The molecule has 0 radical (unpaired) electrons. The molecule has 0 saturated heterocycles. The van der Waals surface area contributed by atoms with Gasteiger partial charge in [-0.25, -0.2) is 4.98 Å². The van der Waals surface area contributed by atoms with Crippen LogP contribution in [0.3, 0.4) is 0 Å². The van der Waals surface area contributed by atoms with Crippen LogP contribution in [0.4, 0.5) is 5.69 Å². The van der Waals surface area contributed by atoms with Gasteiger partial charge in [-0.1, -0.05) is 18.2 Å². The maximum atomic E-state index is 12.4. The summed E-state index contributed by atoms with van der Waals surface area (Å²) in [5.74, 6) is 1.13. The second-order valence-corrected chi connectivity index (χ2v) is 7.20. The Morgan fingerprint density at radius 1 is 1.21 bits per heavy atom. The highest BCUT2D eigenvalue weighted by molar-refractivity contribution is 7.99. The quantitative estimate of drug-likeness (QED) is 0.717. The lowest BCUT2D eigenvalue weighted by Gasteiger charge is -2.24. The molecule has 3 aromatic rings. The van der Waals surface area contributed by atoms with Gasteiger partial charge in [0, 0.05) is 23.7 Å². The lowest BCUT2D eigenvalue weighted by atomic mass is 10.2. The van der Waals surface area contributed by atoms with Crippen LogP contribution in [0.5, 0.6) is 0 Å². The van der Waals surface area contributed by atoms with Crippen molar-refractivity contribution in [3.63, 3.8) is 0 Å². The summed E-state index contributed by atoms with van der Waals surface area (Å²) in [6, 6.07) is 14.0. The van der Waals surface area contributed by atoms with Gasteiger partial charge in [-0.15, -0.1) is 11.8 Å². The Morgan fingerprint density at radius 2 is 2.08 bits per heavy atom. The molecular weight excluding hydrogens is 318 g/mol. The van der Waals surface area contributed by atoms with Crippen molar-refractivity contribution in [3.05, 3.63) is 70.3 Å². The van der Waals surface area contributed by atoms with Crippen molar-refractivity contribution in [2.24, 2.45) is 0 Å². The van der Waals surface area contributed by atoms with E-state index in [1.54, 1.807) is 16.7 Å². The lowest BCUT2D eigenvalue weighted by molar-refractivity contribution is 0.755. The van der Waals surface area contributed by atoms with Crippen LogP contribution < -0.4 is 10.5 Å². The van der Waals surface area contributed by atoms with Crippen LogP contribution >= 0.6 is 11.8 Å². The molecule has 0 unspecified atom stereocenters.